The molecule has 0 bridgehead atoms. The third-order valence-electron chi connectivity index (χ3n) is 4.32. The maximum Gasteiger partial charge on any atom is 0.0399 e. The summed E-state index contributed by atoms with van der Waals surface area (Å²) in [6.45, 7) is 14.8. The molecule has 112 valence electrons. The van der Waals surface area contributed by atoms with Crippen LogP contribution in [0.5, 0.6) is 0 Å². The molecule has 0 radical (unpaired) electrons. The molecule has 1 saturated heterocycles. The van der Waals surface area contributed by atoms with Crippen molar-refractivity contribution in [1.82, 2.24) is 10.2 Å². The second kappa shape index (κ2) is 7.65. The van der Waals surface area contributed by atoms with Crippen molar-refractivity contribution < 1.29 is 0 Å². The average Bonchev–Trinajstić information content (AvgIpc) is 2.47. The Labute approximate surface area is 124 Å². The number of nitrogens with one attached hydrogen (secondary N) is 1. The highest BCUT2D eigenvalue weighted by molar-refractivity contribution is 5.56. The van der Waals surface area contributed by atoms with Gasteiger partial charge in [0.2, 0.25) is 0 Å². The Balaban J connectivity index is 1.80. The largest absolute Gasteiger partial charge is 0.369 e. The van der Waals surface area contributed by atoms with E-state index in [2.05, 4.69) is 54.1 Å². The summed E-state index contributed by atoms with van der Waals surface area (Å²) in [6, 6.07) is 6.65. The SMILES string of the molecule is CCCNCCN1CCN(c2cccc(C)c2C)CC1. The first-order chi connectivity index (χ1) is 9.72. The van der Waals surface area contributed by atoms with Crippen molar-refractivity contribution in [2.45, 2.75) is 27.2 Å². The number of piperazine rings is 1. The van der Waals surface area contributed by atoms with E-state index in [1.807, 2.05) is 0 Å². The van der Waals surface area contributed by atoms with E-state index in [4.69, 9.17) is 0 Å². The molecule has 1 heterocycles. The first-order valence-corrected chi connectivity index (χ1v) is 7.96. The fourth-order valence-corrected chi connectivity index (χ4v) is 2.83. The molecule has 1 aromatic rings. The summed E-state index contributed by atoms with van der Waals surface area (Å²) in [5.74, 6) is 0. The molecule has 0 aromatic heterocycles. The van der Waals surface area contributed by atoms with Crippen LogP contribution in [0.2, 0.25) is 0 Å². The maximum absolute atomic E-state index is 3.49. The number of rotatable bonds is 6. The number of hydrogen-bond acceptors (Lipinski definition) is 3. The summed E-state index contributed by atoms with van der Waals surface area (Å²) in [7, 11) is 0. The van der Waals surface area contributed by atoms with E-state index in [1.165, 1.54) is 42.9 Å². The molecular formula is C17H29N3. The minimum Gasteiger partial charge on any atom is -0.369 e. The van der Waals surface area contributed by atoms with Crippen molar-refractivity contribution in [2.75, 3.05) is 50.7 Å². The molecule has 0 saturated carbocycles. The average molecular weight is 275 g/mol. The smallest absolute Gasteiger partial charge is 0.0399 e. The number of nitrogens with zero attached hydrogens (tertiary/aromatic N) is 2. The monoisotopic (exact) mass is 275 g/mol. The predicted octanol–water partition coefficient (Wildman–Crippen LogP) is 2.43. The van der Waals surface area contributed by atoms with Gasteiger partial charge in [-0.15, -0.1) is 0 Å². The van der Waals surface area contributed by atoms with E-state index in [9.17, 15) is 0 Å². The topological polar surface area (TPSA) is 18.5 Å². The molecule has 0 unspecified atom stereocenters. The first kappa shape index (κ1) is 15.3. The minimum atomic E-state index is 1.12. The van der Waals surface area contributed by atoms with E-state index in [0.717, 1.165) is 26.2 Å². The van der Waals surface area contributed by atoms with E-state index in [0.29, 0.717) is 0 Å². The van der Waals surface area contributed by atoms with E-state index >= 15 is 0 Å². The van der Waals surface area contributed by atoms with Crippen molar-refractivity contribution in [3.63, 3.8) is 0 Å². The highest BCUT2D eigenvalue weighted by Gasteiger charge is 2.18. The number of hydrogen-bond donors (Lipinski definition) is 1. The summed E-state index contributed by atoms with van der Waals surface area (Å²) < 4.78 is 0. The van der Waals surface area contributed by atoms with Crippen LogP contribution in [-0.2, 0) is 0 Å². The lowest BCUT2D eigenvalue weighted by Crippen LogP contribution is -2.48. The Morgan fingerprint density at radius 2 is 1.80 bits per heavy atom. The molecule has 2 rings (SSSR count). The highest BCUT2D eigenvalue weighted by Crippen LogP contribution is 2.23. The molecule has 0 amide bonds. The summed E-state index contributed by atoms with van der Waals surface area (Å²) in [6.07, 6.45) is 1.22. The number of anilines is 1. The molecule has 3 heteroatoms. The van der Waals surface area contributed by atoms with Crippen LogP contribution in [0.25, 0.3) is 0 Å². The molecule has 20 heavy (non-hydrogen) atoms. The third kappa shape index (κ3) is 3.97. The van der Waals surface area contributed by atoms with E-state index in [-0.39, 0.29) is 0 Å². The Kier molecular flexibility index (Phi) is 5.86. The fourth-order valence-electron chi connectivity index (χ4n) is 2.83. The zero-order valence-electron chi connectivity index (χ0n) is 13.3. The molecule has 0 spiro atoms. The predicted molar refractivity (Wildman–Crippen MR) is 87.7 cm³/mol. The van der Waals surface area contributed by atoms with Crippen LogP contribution in [0.1, 0.15) is 24.5 Å². The second-order valence-electron chi connectivity index (χ2n) is 5.80. The Bertz CT molecular complexity index is 409. The Morgan fingerprint density at radius 3 is 2.50 bits per heavy atom. The van der Waals surface area contributed by atoms with Gasteiger partial charge in [0.15, 0.2) is 0 Å². The van der Waals surface area contributed by atoms with Gasteiger partial charge in [-0.05, 0) is 44.0 Å². The third-order valence-corrected chi connectivity index (χ3v) is 4.32. The fraction of sp³-hybridized carbons (Fsp3) is 0.647. The van der Waals surface area contributed by atoms with Crippen molar-refractivity contribution in [2.24, 2.45) is 0 Å². The lowest BCUT2D eigenvalue weighted by molar-refractivity contribution is 0.258. The van der Waals surface area contributed by atoms with Gasteiger partial charge in [0.25, 0.3) is 0 Å². The van der Waals surface area contributed by atoms with E-state index < -0.39 is 0 Å². The van der Waals surface area contributed by atoms with E-state index in [1.54, 1.807) is 0 Å². The van der Waals surface area contributed by atoms with Crippen LogP contribution in [0.4, 0.5) is 5.69 Å². The van der Waals surface area contributed by atoms with Crippen LogP contribution in [0.15, 0.2) is 18.2 Å². The van der Waals surface area contributed by atoms with Gasteiger partial charge in [-0.3, -0.25) is 4.90 Å². The summed E-state index contributed by atoms with van der Waals surface area (Å²) in [4.78, 5) is 5.11. The molecule has 1 aliphatic heterocycles. The van der Waals surface area contributed by atoms with Gasteiger partial charge < -0.3 is 10.2 Å². The van der Waals surface area contributed by atoms with Crippen molar-refractivity contribution in [1.29, 1.82) is 0 Å². The van der Waals surface area contributed by atoms with Gasteiger partial charge in [-0.2, -0.15) is 0 Å². The van der Waals surface area contributed by atoms with Crippen molar-refractivity contribution >= 4 is 5.69 Å². The zero-order chi connectivity index (χ0) is 14.4. The minimum absolute atomic E-state index is 1.12. The van der Waals surface area contributed by atoms with Gasteiger partial charge >= 0.3 is 0 Å². The standard InChI is InChI=1S/C17H29N3/c1-4-8-18-9-10-19-11-13-20(14-12-19)17-7-5-6-15(2)16(17)3/h5-7,18H,4,8-14H2,1-3H3. The van der Waals surface area contributed by atoms with Crippen molar-refractivity contribution in [3.8, 4) is 0 Å². The molecule has 1 N–H and O–H groups in total. The molecule has 1 fully saturated rings. The Hall–Kier alpha value is -1.06. The van der Waals surface area contributed by atoms with Crippen LogP contribution in [-0.4, -0.2) is 50.7 Å². The van der Waals surface area contributed by atoms with Gasteiger partial charge in [0.1, 0.15) is 0 Å². The van der Waals surface area contributed by atoms with Crippen LogP contribution in [0, 0.1) is 13.8 Å². The van der Waals surface area contributed by atoms with Crippen LogP contribution in [0.3, 0.4) is 0 Å². The zero-order valence-corrected chi connectivity index (χ0v) is 13.3. The van der Waals surface area contributed by atoms with Crippen LogP contribution >= 0.6 is 0 Å². The quantitative estimate of drug-likeness (QED) is 0.805. The molecule has 0 atom stereocenters. The van der Waals surface area contributed by atoms with Crippen molar-refractivity contribution in [3.05, 3.63) is 29.3 Å². The van der Waals surface area contributed by atoms with Gasteiger partial charge in [-0.1, -0.05) is 19.1 Å². The molecule has 1 aliphatic rings. The van der Waals surface area contributed by atoms with Gasteiger partial charge in [0.05, 0.1) is 0 Å². The summed E-state index contributed by atoms with van der Waals surface area (Å²) in [5.41, 5.74) is 4.26. The molecular weight excluding hydrogens is 246 g/mol. The maximum atomic E-state index is 3.49. The number of aryl methyl sites for hydroxylation is 1. The van der Waals surface area contributed by atoms with Gasteiger partial charge in [0, 0.05) is 45.0 Å². The molecule has 3 nitrogen and oxygen atoms in total. The molecule has 1 aromatic carbocycles. The highest BCUT2D eigenvalue weighted by atomic mass is 15.3. The van der Waals surface area contributed by atoms with Crippen LogP contribution < -0.4 is 10.2 Å². The van der Waals surface area contributed by atoms with Gasteiger partial charge in [-0.25, -0.2) is 0 Å². The summed E-state index contributed by atoms with van der Waals surface area (Å²) in [5, 5.41) is 3.49. The lowest BCUT2D eigenvalue weighted by Gasteiger charge is -2.37. The lowest BCUT2D eigenvalue weighted by atomic mass is 10.1. The Morgan fingerprint density at radius 1 is 1.05 bits per heavy atom. The number of benzene rings is 1. The summed E-state index contributed by atoms with van der Waals surface area (Å²) >= 11 is 0. The molecule has 0 aliphatic carbocycles. The second-order valence-corrected chi connectivity index (χ2v) is 5.80. The normalized spacial score (nSPS) is 16.6. The first-order valence-electron chi connectivity index (χ1n) is 7.96.